The second-order valence-electron chi connectivity index (χ2n) is 8.58. The number of amides is 2. The lowest BCUT2D eigenvalue weighted by atomic mass is 10.1. The summed E-state index contributed by atoms with van der Waals surface area (Å²) in [5, 5.41) is 0. The van der Waals surface area contributed by atoms with Crippen LogP contribution in [0.2, 0.25) is 0 Å². The molecule has 0 N–H and O–H groups in total. The van der Waals surface area contributed by atoms with Gasteiger partial charge >= 0.3 is 6.18 Å². The molecule has 9 nitrogen and oxygen atoms in total. The molecule has 0 unspecified atom stereocenters. The average Bonchev–Trinajstić information content (AvgIpc) is 3.17. The summed E-state index contributed by atoms with van der Waals surface area (Å²) in [4.78, 5) is 28.2. The van der Waals surface area contributed by atoms with E-state index in [1.54, 1.807) is 11.0 Å². The van der Waals surface area contributed by atoms with Gasteiger partial charge in [-0.1, -0.05) is 6.07 Å². The molecular formula is C23H22F3N3O6S. The molecule has 3 aliphatic rings. The van der Waals surface area contributed by atoms with Gasteiger partial charge in [0.2, 0.25) is 15.9 Å². The molecule has 2 aromatic rings. The zero-order chi connectivity index (χ0) is 25.7. The predicted octanol–water partition coefficient (Wildman–Crippen LogP) is 2.12. The van der Waals surface area contributed by atoms with E-state index in [1.807, 2.05) is 0 Å². The molecule has 36 heavy (non-hydrogen) atoms. The number of fused-ring (bicyclic) bond motifs is 1. The van der Waals surface area contributed by atoms with Crippen LogP contribution in [0.25, 0.3) is 0 Å². The van der Waals surface area contributed by atoms with Crippen molar-refractivity contribution in [2.24, 2.45) is 0 Å². The highest BCUT2D eigenvalue weighted by atomic mass is 32.2. The fraction of sp³-hybridized carbons (Fsp3) is 0.391. The number of rotatable bonds is 4. The maximum atomic E-state index is 13.2. The summed E-state index contributed by atoms with van der Waals surface area (Å²) in [5.74, 6) is -0.399. The second kappa shape index (κ2) is 9.05. The number of hydrogen-bond acceptors (Lipinski definition) is 7. The molecule has 3 aliphatic heterocycles. The zero-order valence-corrected chi connectivity index (χ0v) is 19.7. The van der Waals surface area contributed by atoms with Crippen LogP contribution in [0, 0.1) is 0 Å². The molecule has 1 atom stereocenters. The van der Waals surface area contributed by atoms with E-state index in [9.17, 15) is 31.2 Å². The maximum absolute atomic E-state index is 13.2. The maximum Gasteiger partial charge on any atom is 0.416 e. The summed E-state index contributed by atoms with van der Waals surface area (Å²) in [5.41, 5.74) is -1.09. The third-order valence-electron chi connectivity index (χ3n) is 6.42. The normalized spacial score (nSPS) is 21.8. The first-order chi connectivity index (χ1) is 17.1. The van der Waals surface area contributed by atoms with Crippen molar-refractivity contribution in [3.63, 3.8) is 0 Å². The van der Waals surface area contributed by atoms with Crippen molar-refractivity contribution < 1.29 is 40.7 Å². The molecule has 0 spiro atoms. The number of imide groups is 1. The van der Waals surface area contributed by atoms with Gasteiger partial charge in [0.05, 0.1) is 28.6 Å². The van der Waals surface area contributed by atoms with Crippen molar-refractivity contribution in [2.45, 2.75) is 23.5 Å². The van der Waals surface area contributed by atoms with Crippen molar-refractivity contribution in [3.05, 3.63) is 48.0 Å². The first-order valence-corrected chi connectivity index (χ1v) is 12.7. The summed E-state index contributed by atoms with van der Waals surface area (Å²) in [7, 11) is -3.84. The van der Waals surface area contributed by atoms with E-state index in [2.05, 4.69) is 0 Å². The molecule has 0 radical (unpaired) electrons. The van der Waals surface area contributed by atoms with E-state index in [0.29, 0.717) is 24.7 Å². The number of ether oxygens (including phenoxy) is 2. The first-order valence-electron chi connectivity index (χ1n) is 11.2. The average molecular weight is 526 g/mol. The molecule has 2 amide bonds. The summed E-state index contributed by atoms with van der Waals surface area (Å²) >= 11 is 0. The molecule has 0 aliphatic carbocycles. The Morgan fingerprint density at radius 2 is 1.58 bits per heavy atom. The van der Waals surface area contributed by atoms with Crippen LogP contribution in [0.1, 0.15) is 12.0 Å². The van der Waals surface area contributed by atoms with Crippen LogP contribution in [-0.4, -0.2) is 74.9 Å². The lowest BCUT2D eigenvalue weighted by molar-refractivity contribution is -0.137. The molecule has 0 aromatic heterocycles. The monoisotopic (exact) mass is 525 g/mol. The molecule has 3 heterocycles. The Morgan fingerprint density at radius 3 is 2.28 bits per heavy atom. The molecule has 2 saturated heterocycles. The third-order valence-corrected chi connectivity index (χ3v) is 8.31. The number of alkyl halides is 3. The number of hydrogen-bond donors (Lipinski definition) is 0. The van der Waals surface area contributed by atoms with Crippen LogP contribution in [0.4, 0.5) is 18.9 Å². The molecule has 192 valence electrons. The molecule has 13 heteroatoms. The van der Waals surface area contributed by atoms with Crippen molar-refractivity contribution in [1.29, 1.82) is 0 Å². The van der Waals surface area contributed by atoms with Crippen molar-refractivity contribution in [2.75, 3.05) is 44.3 Å². The summed E-state index contributed by atoms with van der Waals surface area (Å²) in [6.07, 6.45) is -4.80. The van der Waals surface area contributed by atoms with Gasteiger partial charge in [-0.15, -0.1) is 0 Å². The highest BCUT2D eigenvalue weighted by molar-refractivity contribution is 7.89. The standard InChI is InChI=1S/C23H22F3N3O6S/c24-23(25,26)15-2-1-3-16(12-15)29-21(30)14-18(22(29)31)27-6-8-28(9-7-27)36(32,33)17-4-5-19-20(13-17)35-11-10-34-19/h1-5,12-13,18H,6-11,14H2/t18-/m1/s1. The highest BCUT2D eigenvalue weighted by Crippen LogP contribution is 2.35. The minimum Gasteiger partial charge on any atom is -0.486 e. The van der Waals surface area contributed by atoms with Crippen LogP contribution < -0.4 is 14.4 Å². The van der Waals surface area contributed by atoms with Crippen LogP contribution in [0.15, 0.2) is 47.4 Å². The molecule has 2 fully saturated rings. The summed E-state index contributed by atoms with van der Waals surface area (Å²) < 4.78 is 77.8. The first kappa shape index (κ1) is 24.5. The van der Waals surface area contributed by atoms with Crippen molar-refractivity contribution in [1.82, 2.24) is 9.21 Å². The zero-order valence-electron chi connectivity index (χ0n) is 18.9. The Morgan fingerprint density at radius 1 is 0.889 bits per heavy atom. The van der Waals surface area contributed by atoms with Gasteiger partial charge in [-0.25, -0.2) is 13.3 Å². The van der Waals surface area contributed by atoms with Gasteiger partial charge in [0, 0.05) is 32.2 Å². The minimum absolute atomic E-state index is 0.0584. The minimum atomic E-state index is -4.61. The number of piperazine rings is 1. The van der Waals surface area contributed by atoms with Gasteiger partial charge in [-0.2, -0.15) is 17.5 Å². The van der Waals surface area contributed by atoms with E-state index in [-0.39, 0.29) is 43.2 Å². The quantitative estimate of drug-likeness (QED) is 0.565. The Kier molecular flexibility index (Phi) is 6.17. The number of halogens is 3. The van der Waals surface area contributed by atoms with Gasteiger partial charge in [-0.3, -0.25) is 14.5 Å². The topological polar surface area (TPSA) is 96.5 Å². The largest absolute Gasteiger partial charge is 0.486 e. The van der Waals surface area contributed by atoms with Gasteiger partial charge in [0.15, 0.2) is 11.5 Å². The second-order valence-corrected chi connectivity index (χ2v) is 10.5. The lowest BCUT2D eigenvalue weighted by Gasteiger charge is -2.36. The number of sulfonamides is 1. The van der Waals surface area contributed by atoms with Crippen LogP contribution >= 0.6 is 0 Å². The van der Waals surface area contributed by atoms with E-state index in [4.69, 9.17) is 9.47 Å². The number of carbonyl (C=O) groups is 2. The van der Waals surface area contributed by atoms with Crippen LogP contribution in [0.5, 0.6) is 11.5 Å². The lowest BCUT2D eigenvalue weighted by Crippen LogP contribution is -2.53. The number of benzene rings is 2. The number of carbonyl (C=O) groups excluding carboxylic acids is 2. The SMILES string of the molecule is O=C1C[C@@H](N2CCN(S(=O)(=O)c3ccc4c(c3)OCCO4)CC2)C(=O)N1c1cccc(C(F)(F)F)c1. The van der Waals surface area contributed by atoms with Gasteiger partial charge in [-0.05, 0) is 30.3 Å². The van der Waals surface area contributed by atoms with E-state index in [1.165, 1.54) is 22.5 Å². The van der Waals surface area contributed by atoms with Crippen molar-refractivity contribution in [3.8, 4) is 11.5 Å². The van der Waals surface area contributed by atoms with Gasteiger partial charge in [0.1, 0.15) is 13.2 Å². The molecule has 5 rings (SSSR count). The smallest absolute Gasteiger partial charge is 0.416 e. The third kappa shape index (κ3) is 4.42. The van der Waals surface area contributed by atoms with Crippen LogP contribution in [-0.2, 0) is 25.8 Å². The van der Waals surface area contributed by atoms with Gasteiger partial charge in [0.25, 0.3) is 5.91 Å². The van der Waals surface area contributed by atoms with Gasteiger partial charge < -0.3 is 9.47 Å². The van der Waals surface area contributed by atoms with E-state index in [0.717, 1.165) is 23.1 Å². The number of nitrogens with zero attached hydrogens (tertiary/aromatic N) is 3. The van der Waals surface area contributed by atoms with Crippen molar-refractivity contribution >= 4 is 27.5 Å². The Hall–Kier alpha value is -3.16. The van der Waals surface area contributed by atoms with E-state index >= 15 is 0 Å². The molecular weight excluding hydrogens is 503 g/mol. The Bertz CT molecular complexity index is 1310. The Balaban J connectivity index is 1.27. The fourth-order valence-corrected chi connectivity index (χ4v) is 6.02. The fourth-order valence-electron chi connectivity index (χ4n) is 4.58. The molecule has 0 saturated carbocycles. The van der Waals surface area contributed by atoms with E-state index < -0.39 is 39.6 Å². The summed E-state index contributed by atoms with van der Waals surface area (Å²) in [6.45, 7) is 1.24. The summed E-state index contributed by atoms with van der Waals surface area (Å²) in [6, 6.07) is 7.61. The van der Waals surface area contributed by atoms with Crippen LogP contribution in [0.3, 0.4) is 0 Å². The molecule has 2 aromatic carbocycles. The molecule has 0 bridgehead atoms. The number of anilines is 1. The Labute approximate surface area is 205 Å². The highest BCUT2D eigenvalue weighted by Gasteiger charge is 2.44. The predicted molar refractivity (Wildman–Crippen MR) is 120 cm³/mol.